The SMILES string of the molecule is O=C([O-])CCCC(=O)Nc1nc2n(n1)[C@@H](c1ccc(Cl)cc1)CC(=O)N2. The summed E-state index contributed by atoms with van der Waals surface area (Å²) in [6, 6.07) is 6.68. The molecule has 0 spiro atoms. The van der Waals surface area contributed by atoms with Crippen molar-refractivity contribution in [3.05, 3.63) is 34.9 Å². The number of hydrogen-bond acceptors (Lipinski definition) is 6. The van der Waals surface area contributed by atoms with Crippen LogP contribution >= 0.6 is 11.6 Å². The van der Waals surface area contributed by atoms with Crippen molar-refractivity contribution in [3.63, 3.8) is 0 Å². The second-order valence-electron chi connectivity index (χ2n) is 5.80. The molecule has 0 fully saturated rings. The van der Waals surface area contributed by atoms with E-state index in [2.05, 4.69) is 20.7 Å². The van der Waals surface area contributed by atoms with E-state index in [4.69, 9.17) is 11.6 Å². The first kappa shape index (κ1) is 17.9. The molecule has 9 nitrogen and oxygen atoms in total. The minimum atomic E-state index is -1.21. The fraction of sp³-hybridized carbons (Fsp3) is 0.312. The molecule has 2 amide bonds. The molecule has 1 aromatic heterocycles. The van der Waals surface area contributed by atoms with Crippen LogP contribution in [0.4, 0.5) is 11.9 Å². The van der Waals surface area contributed by atoms with Gasteiger partial charge in [0, 0.05) is 17.4 Å². The first-order valence-electron chi connectivity index (χ1n) is 7.94. The molecular formula is C16H15ClN5O4-. The van der Waals surface area contributed by atoms with Crippen LogP contribution in [0.3, 0.4) is 0 Å². The molecule has 3 rings (SSSR count). The third kappa shape index (κ3) is 4.17. The highest BCUT2D eigenvalue weighted by atomic mass is 35.5. The number of aliphatic carboxylic acids is 1. The lowest BCUT2D eigenvalue weighted by molar-refractivity contribution is -0.305. The molecule has 1 aromatic carbocycles. The van der Waals surface area contributed by atoms with E-state index >= 15 is 0 Å². The van der Waals surface area contributed by atoms with Crippen LogP contribution in [0.5, 0.6) is 0 Å². The van der Waals surface area contributed by atoms with Crippen LogP contribution in [0.25, 0.3) is 0 Å². The molecule has 10 heteroatoms. The van der Waals surface area contributed by atoms with Gasteiger partial charge in [-0.15, -0.1) is 5.10 Å². The maximum absolute atomic E-state index is 11.9. The van der Waals surface area contributed by atoms with Crippen LogP contribution in [0.2, 0.25) is 5.02 Å². The zero-order valence-electron chi connectivity index (χ0n) is 13.6. The number of fused-ring (bicyclic) bond motifs is 1. The van der Waals surface area contributed by atoms with Crippen molar-refractivity contribution >= 4 is 41.3 Å². The van der Waals surface area contributed by atoms with Crippen LogP contribution in [-0.4, -0.2) is 32.5 Å². The first-order chi connectivity index (χ1) is 12.4. The number of carboxylic acid groups (broad SMARTS) is 1. The Bertz CT molecular complexity index is 849. The van der Waals surface area contributed by atoms with E-state index in [1.807, 2.05) is 0 Å². The predicted molar refractivity (Wildman–Crippen MR) is 90.3 cm³/mol. The van der Waals surface area contributed by atoms with Gasteiger partial charge in [0.1, 0.15) is 0 Å². The summed E-state index contributed by atoms with van der Waals surface area (Å²) in [5, 5.41) is 20.3. The summed E-state index contributed by atoms with van der Waals surface area (Å²) in [5.74, 6) is -1.56. The number of nitrogens with one attached hydrogen (secondary N) is 2. The highest BCUT2D eigenvalue weighted by Crippen LogP contribution is 2.30. The van der Waals surface area contributed by atoms with Crippen LogP contribution in [-0.2, 0) is 14.4 Å². The van der Waals surface area contributed by atoms with Gasteiger partial charge >= 0.3 is 0 Å². The second-order valence-corrected chi connectivity index (χ2v) is 6.23. The molecule has 2 heterocycles. The van der Waals surface area contributed by atoms with Crippen molar-refractivity contribution < 1.29 is 19.5 Å². The summed E-state index contributed by atoms with van der Waals surface area (Å²) in [5.41, 5.74) is 0.835. The Hall–Kier alpha value is -2.94. The number of nitrogens with zero attached hydrogens (tertiary/aromatic N) is 3. The Morgan fingerprint density at radius 2 is 2.04 bits per heavy atom. The number of halogens is 1. The predicted octanol–water partition coefficient (Wildman–Crippen LogP) is 0.722. The van der Waals surface area contributed by atoms with E-state index in [0.717, 1.165) is 5.56 Å². The molecule has 136 valence electrons. The lowest BCUT2D eigenvalue weighted by atomic mass is 10.0. The fourth-order valence-electron chi connectivity index (χ4n) is 2.64. The van der Waals surface area contributed by atoms with Crippen molar-refractivity contribution in [1.82, 2.24) is 14.8 Å². The van der Waals surface area contributed by atoms with Crippen molar-refractivity contribution in [2.24, 2.45) is 0 Å². The molecule has 2 N–H and O–H groups in total. The zero-order chi connectivity index (χ0) is 18.7. The van der Waals surface area contributed by atoms with E-state index in [9.17, 15) is 19.5 Å². The summed E-state index contributed by atoms with van der Waals surface area (Å²) >= 11 is 5.90. The van der Waals surface area contributed by atoms with E-state index in [1.165, 1.54) is 4.68 Å². The number of carbonyl (C=O) groups excluding carboxylic acids is 3. The van der Waals surface area contributed by atoms with Gasteiger partial charge in [-0.25, -0.2) is 4.68 Å². The molecule has 1 atom stereocenters. The van der Waals surface area contributed by atoms with Gasteiger partial charge in [0.2, 0.25) is 17.8 Å². The number of amides is 2. The van der Waals surface area contributed by atoms with Gasteiger partial charge in [0.15, 0.2) is 0 Å². The zero-order valence-corrected chi connectivity index (χ0v) is 14.3. The smallest absolute Gasteiger partial charge is 0.250 e. The Morgan fingerprint density at radius 1 is 1.31 bits per heavy atom. The van der Waals surface area contributed by atoms with E-state index in [1.54, 1.807) is 24.3 Å². The average Bonchev–Trinajstić information content (AvgIpc) is 2.96. The number of hydrogen-bond donors (Lipinski definition) is 2. The maximum Gasteiger partial charge on any atom is 0.250 e. The number of benzene rings is 1. The van der Waals surface area contributed by atoms with Crippen LogP contribution in [0.1, 0.15) is 37.3 Å². The van der Waals surface area contributed by atoms with Gasteiger partial charge in [0.25, 0.3) is 5.95 Å². The number of anilines is 2. The molecule has 0 saturated heterocycles. The van der Waals surface area contributed by atoms with Gasteiger partial charge in [-0.2, -0.15) is 4.98 Å². The molecule has 0 aliphatic carbocycles. The van der Waals surface area contributed by atoms with E-state index < -0.39 is 11.9 Å². The molecule has 0 bridgehead atoms. The van der Waals surface area contributed by atoms with Crippen LogP contribution in [0, 0.1) is 0 Å². The number of aromatic nitrogens is 3. The van der Waals surface area contributed by atoms with Gasteiger partial charge in [0.05, 0.1) is 12.5 Å². The topological polar surface area (TPSA) is 129 Å². The average molecular weight is 377 g/mol. The summed E-state index contributed by atoms with van der Waals surface area (Å²) in [6.07, 6.45) is 0.142. The normalized spacial score (nSPS) is 15.9. The summed E-state index contributed by atoms with van der Waals surface area (Å²) in [7, 11) is 0. The summed E-state index contributed by atoms with van der Waals surface area (Å²) in [4.78, 5) is 38.3. The molecule has 1 aliphatic rings. The van der Waals surface area contributed by atoms with Gasteiger partial charge in [-0.05, 0) is 30.5 Å². The molecular weight excluding hydrogens is 362 g/mol. The standard InChI is InChI=1S/C16H16ClN5O4/c17-10-6-4-9(5-7-10)11-8-13(24)19-16-20-15(21-22(11)16)18-12(23)2-1-3-14(25)26/h4-7,11H,1-3,8H2,(H,25,26)(H2,18,19,20,21,23,24)/p-1/t11-/m1/s1. The highest BCUT2D eigenvalue weighted by Gasteiger charge is 2.29. The van der Waals surface area contributed by atoms with Crippen molar-refractivity contribution in [2.75, 3.05) is 10.6 Å². The molecule has 1 aliphatic heterocycles. The molecule has 0 radical (unpaired) electrons. The minimum absolute atomic E-state index is 0.00479. The van der Waals surface area contributed by atoms with Gasteiger partial charge in [-0.3, -0.25) is 20.2 Å². The fourth-order valence-corrected chi connectivity index (χ4v) is 2.77. The number of carboxylic acids is 1. The van der Waals surface area contributed by atoms with Crippen molar-refractivity contribution in [2.45, 2.75) is 31.7 Å². The monoisotopic (exact) mass is 376 g/mol. The first-order valence-corrected chi connectivity index (χ1v) is 8.32. The van der Waals surface area contributed by atoms with Crippen molar-refractivity contribution in [3.8, 4) is 0 Å². The minimum Gasteiger partial charge on any atom is -0.550 e. The Morgan fingerprint density at radius 3 is 2.73 bits per heavy atom. The molecule has 2 aromatic rings. The second kappa shape index (κ2) is 7.52. The van der Waals surface area contributed by atoms with Crippen LogP contribution in [0.15, 0.2) is 24.3 Å². The quantitative estimate of drug-likeness (QED) is 0.764. The van der Waals surface area contributed by atoms with Crippen molar-refractivity contribution in [1.29, 1.82) is 0 Å². The third-order valence-electron chi connectivity index (χ3n) is 3.85. The Kier molecular flexibility index (Phi) is 5.17. The van der Waals surface area contributed by atoms with E-state index in [0.29, 0.717) is 5.02 Å². The number of rotatable bonds is 6. The Labute approximate surface area is 153 Å². The maximum atomic E-state index is 11.9. The summed E-state index contributed by atoms with van der Waals surface area (Å²) in [6.45, 7) is 0. The lowest BCUT2D eigenvalue weighted by Crippen LogP contribution is -2.29. The Balaban J connectivity index is 1.75. The number of carbonyl (C=O) groups is 3. The lowest BCUT2D eigenvalue weighted by Gasteiger charge is -2.23. The molecule has 0 saturated carbocycles. The third-order valence-corrected chi connectivity index (χ3v) is 4.10. The van der Waals surface area contributed by atoms with E-state index in [-0.39, 0.29) is 49.5 Å². The van der Waals surface area contributed by atoms with Gasteiger partial charge in [-0.1, -0.05) is 23.7 Å². The highest BCUT2D eigenvalue weighted by molar-refractivity contribution is 6.30. The van der Waals surface area contributed by atoms with Crippen LogP contribution < -0.4 is 15.7 Å². The molecule has 0 unspecified atom stereocenters. The largest absolute Gasteiger partial charge is 0.550 e. The van der Waals surface area contributed by atoms with Gasteiger partial charge < -0.3 is 9.90 Å². The summed E-state index contributed by atoms with van der Waals surface area (Å²) < 4.78 is 1.53. The molecule has 26 heavy (non-hydrogen) atoms.